The Kier molecular flexibility index (Phi) is 4.88. The van der Waals surface area contributed by atoms with E-state index in [9.17, 15) is 17.8 Å². The molecule has 0 atom stereocenters. The summed E-state index contributed by atoms with van der Waals surface area (Å²) in [5.41, 5.74) is 3.01. The van der Waals surface area contributed by atoms with Crippen molar-refractivity contribution in [3.63, 3.8) is 0 Å². The zero-order valence-corrected chi connectivity index (χ0v) is 16.1. The summed E-state index contributed by atoms with van der Waals surface area (Å²) in [6.45, 7) is 0. The predicted octanol–water partition coefficient (Wildman–Crippen LogP) is 5.01. The van der Waals surface area contributed by atoms with Crippen molar-refractivity contribution in [3.05, 3.63) is 96.6 Å². The van der Waals surface area contributed by atoms with Crippen molar-refractivity contribution in [2.24, 2.45) is 0 Å². The number of hydrogen-bond donors (Lipinski definition) is 2. The number of hydrogen-bond acceptors (Lipinski definition) is 3. The minimum absolute atomic E-state index is 0.196. The Morgan fingerprint density at radius 1 is 0.690 bits per heavy atom. The van der Waals surface area contributed by atoms with E-state index >= 15 is 0 Å². The molecule has 0 saturated carbocycles. The fourth-order valence-corrected chi connectivity index (χ4v) is 3.94. The van der Waals surface area contributed by atoms with Crippen molar-refractivity contribution in [3.8, 4) is 11.1 Å². The maximum absolute atomic E-state index is 12.7. The van der Waals surface area contributed by atoms with Gasteiger partial charge in [-0.3, -0.25) is 9.35 Å². The first-order valence-corrected chi connectivity index (χ1v) is 10.3. The summed E-state index contributed by atoms with van der Waals surface area (Å²) in [5.74, 6) is -0.311. The highest BCUT2D eigenvalue weighted by atomic mass is 32.2. The summed E-state index contributed by atoms with van der Waals surface area (Å²) in [6.07, 6.45) is 0. The first-order chi connectivity index (χ1) is 13.9. The maximum atomic E-state index is 12.7. The number of benzene rings is 4. The highest BCUT2D eigenvalue weighted by Crippen LogP contribution is 2.30. The molecule has 0 saturated heterocycles. The van der Waals surface area contributed by atoms with Crippen LogP contribution in [0.25, 0.3) is 21.9 Å². The fourth-order valence-electron chi connectivity index (χ4n) is 3.24. The summed E-state index contributed by atoms with van der Waals surface area (Å²) < 4.78 is 32.7. The Morgan fingerprint density at radius 3 is 1.93 bits per heavy atom. The first-order valence-electron chi connectivity index (χ1n) is 8.89. The number of carbonyl (C=O) groups excluding carboxylic acids is 1. The van der Waals surface area contributed by atoms with Crippen LogP contribution in [-0.4, -0.2) is 18.9 Å². The quantitative estimate of drug-likeness (QED) is 0.470. The van der Waals surface area contributed by atoms with Crippen LogP contribution in [0.5, 0.6) is 0 Å². The van der Waals surface area contributed by atoms with E-state index in [2.05, 4.69) is 5.32 Å². The second-order valence-electron chi connectivity index (χ2n) is 6.53. The van der Waals surface area contributed by atoms with Crippen LogP contribution in [0.2, 0.25) is 0 Å². The lowest BCUT2D eigenvalue weighted by atomic mass is 10.0. The summed E-state index contributed by atoms with van der Waals surface area (Å²) in [4.78, 5) is 12.5. The van der Waals surface area contributed by atoms with E-state index in [1.807, 2.05) is 42.5 Å². The van der Waals surface area contributed by atoms with Gasteiger partial charge in [-0.05, 0) is 35.4 Å². The van der Waals surface area contributed by atoms with Gasteiger partial charge in [-0.1, -0.05) is 66.7 Å². The summed E-state index contributed by atoms with van der Waals surface area (Å²) in [6, 6.07) is 26.5. The molecule has 4 rings (SSSR count). The van der Waals surface area contributed by atoms with Crippen LogP contribution < -0.4 is 5.32 Å². The minimum atomic E-state index is -4.37. The van der Waals surface area contributed by atoms with Crippen LogP contribution in [0.15, 0.2) is 95.9 Å². The zero-order valence-electron chi connectivity index (χ0n) is 15.2. The maximum Gasteiger partial charge on any atom is 0.295 e. The van der Waals surface area contributed by atoms with Crippen molar-refractivity contribution >= 4 is 32.5 Å². The standard InChI is InChI=1S/C23H17NO4S/c25-23(18-12-10-17(11-13-18)16-6-2-1-3-7-16)24-21-14-15-22(29(26,27)28)20-9-5-4-8-19(20)21/h1-15H,(H,24,25)(H,26,27,28). The number of nitrogens with one attached hydrogen (secondary N) is 1. The van der Waals surface area contributed by atoms with E-state index in [1.54, 1.807) is 36.4 Å². The largest absolute Gasteiger partial charge is 0.321 e. The Labute approximate surface area is 168 Å². The molecule has 0 bridgehead atoms. The molecule has 0 aliphatic heterocycles. The van der Waals surface area contributed by atoms with E-state index < -0.39 is 10.1 Å². The first kappa shape index (κ1) is 18.9. The third kappa shape index (κ3) is 3.89. The fraction of sp³-hybridized carbons (Fsp3) is 0. The van der Waals surface area contributed by atoms with Gasteiger partial charge in [0.2, 0.25) is 0 Å². The molecule has 0 aliphatic rings. The number of carbonyl (C=O) groups is 1. The summed E-state index contributed by atoms with van der Waals surface area (Å²) >= 11 is 0. The molecular formula is C23H17NO4S. The predicted molar refractivity (Wildman–Crippen MR) is 114 cm³/mol. The van der Waals surface area contributed by atoms with E-state index in [4.69, 9.17) is 0 Å². The van der Waals surface area contributed by atoms with Gasteiger partial charge in [-0.25, -0.2) is 0 Å². The Balaban J connectivity index is 1.65. The molecular weight excluding hydrogens is 386 g/mol. The average Bonchev–Trinajstić information content (AvgIpc) is 2.74. The molecule has 0 unspecified atom stereocenters. The van der Waals surface area contributed by atoms with Crippen LogP contribution >= 0.6 is 0 Å². The third-order valence-electron chi connectivity index (χ3n) is 4.66. The van der Waals surface area contributed by atoms with Crippen molar-refractivity contribution in [1.29, 1.82) is 0 Å². The van der Waals surface area contributed by atoms with Gasteiger partial charge in [0.1, 0.15) is 4.90 Å². The summed E-state index contributed by atoms with van der Waals surface area (Å²) in [7, 11) is -4.37. The second kappa shape index (κ2) is 7.50. The van der Waals surface area contributed by atoms with Gasteiger partial charge < -0.3 is 5.32 Å². The van der Waals surface area contributed by atoms with Crippen molar-refractivity contribution < 1.29 is 17.8 Å². The molecule has 0 radical (unpaired) electrons. The molecule has 0 aliphatic carbocycles. The second-order valence-corrected chi connectivity index (χ2v) is 7.92. The van der Waals surface area contributed by atoms with Crippen LogP contribution in [0.3, 0.4) is 0 Å². The number of rotatable bonds is 4. The minimum Gasteiger partial charge on any atom is -0.321 e. The lowest BCUT2D eigenvalue weighted by Gasteiger charge is -2.11. The molecule has 0 aromatic heterocycles. The van der Waals surface area contributed by atoms with Gasteiger partial charge >= 0.3 is 0 Å². The lowest BCUT2D eigenvalue weighted by Crippen LogP contribution is -2.12. The van der Waals surface area contributed by atoms with Crippen LogP contribution in [0, 0.1) is 0 Å². The van der Waals surface area contributed by atoms with Gasteiger partial charge in [0.25, 0.3) is 16.0 Å². The van der Waals surface area contributed by atoms with Gasteiger partial charge in [-0.2, -0.15) is 8.42 Å². The number of amides is 1. The highest BCUT2D eigenvalue weighted by Gasteiger charge is 2.17. The number of anilines is 1. The lowest BCUT2D eigenvalue weighted by molar-refractivity contribution is 0.102. The molecule has 6 heteroatoms. The molecule has 0 heterocycles. The molecule has 144 valence electrons. The van der Waals surface area contributed by atoms with E-state index in [0.29, 0.717) is 22.0 Å². The van der Waals surface area contributed by atoms with Gasteiger partial charge in [0.05, 0.1) is 0 Å². The monoisotopic (exact) mass is 403 g/mol. The molecule has 29 heavy (non-hydrogen) atoms. The van der Waals surface area contributed by atoms with E-state index in [1.165, 1.54) is 12.1 Å². The number of fused-ring (bicyclic) bond motifs is 1. The Hall–Kier alpha value is -3.48. The van der Waals surface area contributed by atoms with Gasteiger partial charge in [0.15, 0.2) is 0 Å². The van der Waals surface area contributed by atoms with E-state index in [-0.39, 0.29) is 10.8 Å². The Morgan fingerprint density at radius 2 is 1.28 bits per heavy atom. The van der Waals surface area contributed by atoms with E-state index in [0.717, 1.165) is 11.1 Å². The SMILES string of the molecule is O=C(Nc1ccc(S(=O)(=O)O)c2ccccc12)c1ccc(-c2ccccc2)cc1. The smallest absolute Gasteiger partial charge is 0.295 e. The normalized spacial score (nSPS) is 11.3. The third-order valence-corrected chi connectivity index (χ3v) is 5.58. The molecule has 4 aromatic carbocycles. The molecule has 2 N–H and O–H groups in total. The van der Waals surface area contributed by atoms with Crippen LogP contribution in [-0.2, 0) is 10.1 Å². The molecule has 0 spiro atoms. The molecule has 0 fully saturated rings. The van der Waals surface area contributed by atoms with Crippen LogP contribution in [0.1, 0.15) is 10.4 Å². The Bertz CT molecular complexity index is 1300. The summed E-state index contributed by atoms with van der Waals surface area (Å²) in [5, 5.41) is 3.69. The van der Waals surface area contributed by atoms with Crippen LogP contribution in [0.4, 0.5) is 5.69 Å². The molecule has 4 aromatic rings. The van der Waals surface area contributed by atoms with Gasteiger partial charge in [0, 0.05) is 22.0 Å². The van der Waals surface area contributed by atoms with Crippen molar-refractivity contribution in [2.45, 2.75) is 4.90 Å². The van der Waals surface area contributed by atoms with Gasteiger partial charge in [-0.15, -0.1) is 0 Å². The topological polar surface area (TPSA) is 83.5 Å². The molecule has 5 nitrogen and oxygen atoms in total. The average molecular weight is 403 g/mol. The molecule has 1 amide bonds. The highest BCUT2D eigenvalue weighted by molar-refractivity contribution is 7.86. The van der Waals surface area contributed by atoms with Crippen molar-refractivity contribution in [2.75, 3.05) is 5.32 Å². The zero-order chi connectivity index (χ0) is 20.4. The van der Waals surface area contributed by atoms with Crippen molar-refractivity contribution in [1.82, 2.24) is 0 Å².